The fraction of sp³-hybridized carbons (Fsp3) is 0.250. The molecule has 0 aliphatic rings. The molecule has 2 heterocycles. The summed E-state index contributed by atoms with van der Waals surface area (Å²) in [5.41, 5.74) is 2.98. The molecule has 0 bridgehead atoms. The van der Waals surface area contributed by atoms with Crippen LogP contribution in [-0.2, 0) is 6.54 Å². The third kappa shape index (κ3) is 2.42. The summed E-state index contributed by atoms with van der Waals surface area (Å²) < 4.78 is 12.2. The van der Waals surface area contributed by atoms with Crippen LogP contribution in [-0.4, -0.2) is 16.9 Å². The molecule has 3 rings (SSSR count). The Bertz CT molecular complexity index is 844. The number of fused-ring (bicyclic) bond motifs is 1. The number of aryl methyl sites for hydroxylation is 2. The van der Waals surface area contributed by atoms with Crippen LogP contribution in [0.4, 0.5) is 0 Å². The molecule has 0 amide bonds. The summed E-state index contributed by atoms with van der Waals surface area (Å²) in [7, 11) is 1.64. The minimum atomic E-state index is -0.351. The number of hydrogen-bond donors (Lipinski definition) is 0. The first-order valence-corrected chi connectivity index (χ1v) is 6.69. The molecule has 1 aromatic carbocycles. The third-order valence-corrected chi connectivity index (χ3v) is 3.50. The third-order valence-electron chi connectivity index (χ3n) is 3.50. The van der Waals surface area contributed by atoms with Gasteiger partial charge in [0.05, 0.1) is 24.7 Å². The van der Waals surface area contributed by atoms with Crippen molar-refractivity contribution in [3.05, 3.63) is 57.6 Å². The van der Waals surface area contributed by atoms with Crippen molar-refractivity contribution in [1.82, 2.24) is 9.78 Å². The minimum absolute atomic E-state index is 0.351. The van der Waals surface area contributed by atoms with Crippen molar-refractivity contribution in [2.75, 3.05) is 7.11 Å². The van der Waals surface area contributed by atoms with Gasteiger partial charge in [0.2, 0.25) is 5.71 Å². The van der Waals surface area contributed by atoms with E-state index in [2.05, 4.69) is 5.10 Å². The molecule has 5 heteroatoms. The Morgan fingerprint density at radius 2 is 1.95 bits per heavy atom. The van der Waals surface area contributed by atoms with E-state index in [1.807, 2.05) is 38.1 Å². The normalized spacial score (nSPS) is 11.0. The Hall–Kier alpha value is -2.56. The zero-order valence-electron chi connectivity index (χ0n) is 12.2. The molecular weight excluding hydrogens is 268 g/mol. The van der Waals surface area contributed by atoms with E-state index in [0.717, 1.165) is 28.0 Å². The van der Waals surface area contributed by atoms with E-state index in [1.54, 1.807) is 11.8 Å². The summed E-state index contributed by atoms with van der Waals surface area (Å²) in [6, 6.07) is 9.23. The Balaban J connectivity index is 2.06. The molecule has 0 N–H and O–H groups in total. The minimum Gasteiger partial charge on any atom is -0.497 e. The van der Waals surface area contributed by atoms with Crippen LogP contribution in [0.15, 0.2) is 39.5 Å². The molecule has 0 fully saturated rings. The number of benzene rings is 1. The molecule has 0 radical (unpaired) electrons. The van der Waals surface area contributed by atoms with Crippen LogP contribution < -0.4 is 10.4 Å². The van der Waals surface area contributed by atoms with Gasteiger partial charge in [-0.15, -0.1) is 0 Å². The Morgan fingerprint density at radius 1 is 1.24 bits per heavy atom. The van der Waals surface area contributed by atoms with E-state index in [0.29, 0.717) is 12.3 Å². The van der Waals surface area contributed by atoms with Crippen molar-refractivity contribution in [2.24, 2.45) is 0 Å². The molecule has 0 unspecified atom stereocenters. The smallest absolute Gasteiger partial charge is 0.337 e. The van der Waals surface area contributed by atoms with Gasteiger partial charge in [-0.3, -0.25) is 0 Å². The summed E-state index contributed by atoms with van der Waals surface area (Å²) >= 11 is 0. The molecule has 21 heavy (non-hydrogen) atoms. The van der Waals surface area contributed by atoms with Crippen LogP contribution in [0.1, 0.15) is 16.8 Å². The van der Waals surface area contributed by atoms with Gasteiger partial charge in [-0.05, 0) is 37.1 Å². The summed E-state index contributed by atoms with van der Waals surface area (Å²) in [5, 5.41) is 5.39. The van der Waals surface area contributed by atoms with Gasteiger partial charge in [0.25, 0.3) is 0 Å². The quantitative estimate of drug-likeness (QED) is 0.742. The van der Waals surface area contributed by atoms with Crippen molar-refractivity contribution < 1.29 is 9.15 Å². The van der Waals surface area contributed by atoms with Gasteiger partial charge >= 0.3 is 5.63 Å². The zero-order valence-corrected chi connectivity index (χ0v) is 12.2. The van der Waals surface area contributed by atoms with Crippen molar-refractivity contribution in [2.45, 2.75) is 20.4 Å². The molecule has 0 atom stereocenters. The topological polar surface area (TPSA) is 57.3 Å². The first-order chi connectivity index (χ1) is 10.1. The summed E-state index contributed by atoms with van der Waals surface area (Å²) in [6.07, 6.45) is 0. The lowest BCUT2D eigenvalue weighted by Crippen LogP contribution is -2.04. The van der Waals surface area contributed by atoms with Crippen LogP contribution in [0.3, 0.4) is 0 Å². The number of rotatable bonds is 3. The van der Waals surface area contributed by atoms with Gasteiger partial charge in [0.1, 0.15) is 5.75 Å². The van der Waals surface area contributed by atoms with Gasteiger partial charge in [-0.2, -0.15) is 5.10 Å². The maximum absolute atomic E-state index is 11.6. The summed E-state index contributed by atoms with van der Waals surface area (Å²) in [6.45, 7) is 4.35. The fourth-order valence-corrected chi connectivity index (χ4v) is 2.50. The molecule has 0 saturated carbocycles. The SMILES string of the molecule is COc1ccc(Cn2nc(C)c3c(C)cc(=O)oc32)cc1. The van der Waals surface area contributed by atoms with Crippen LogP contribution in [0.25, 0.3) is 11.1 Å². The van der Waals surface area contributed by atoms with Gasteiger partial charge in [0, 0.05) is 6.07 Å². The average Bonchev–Trinajstić information content (AvgIpc) is 2.76. The second kappa shape index (κ2) is 5.09. The maximum atomic E-state index is 11.6. The second-order valence-corrected chi connectivity index (χ2v) is 5.02. The molecular formula is C16H16N2O3. The van der Waals surface area contributed by atoms with E-state index >= 15 is 0 Å². The first kappa shape index (κ1) is 13.4. The lowest BCUT2D eigenvalue weighted by Gasteiger charge is -2.04. The van der Waals surface area contributed by atoms with Crippen molar-refractivity contribution in [1.29, 1.82) is 0 Å². The van der Waals surface area contributed by atoms with E-state index in [4.69, 9.17) is 9.15 Å². The van der Waals surface area contributed by atoms with E-state index in [9.17, 15) is 4.79 Å². The molecule has 0 aliphatic carbocycles. The van der Waals surface area contributed by atoms with Gasteiger partial charge in [-0.1, -0.05) is 12.1 Å². The highest BCUT2D eigenvalue weighted by Gasteiger charge is 2.13. The Morgan fingerprint density at radius 3 is 2.62 bits per heavy atom. The predicted octanol–water partition coefficient (Wildman–Crippen LogP) is 2.66. The summed E-state index contributed by atoms with van der Waals surface area (Å²) in [5.74, 6) is 0.808. The highest BCUT2D eigenvalue weighted by Crippen LogP contribution is 2.21. The first-order valence-electron chi connectivity index (χ1n) is 6.69. The van der Waals surface area contributed by atoms with Gasteiger partial charge in [-0.25, -0.2) is 9.48 Å². The van der Waals surface area contributed by atoms with Crippen molar-refractivity contribution in [3.63, 3.8) is 0 Å². The lowest BCUT2D eigenvalue weighted by molar-refractivity contribution is 0.414. The number of ether oxygens (including phenoxy) is 1. The van der Waals surface area contributed by atoms with Crippen molar-refractivity contribution in [3.8, 4) is 5.75 Å². The number of methoxy groups -OCH3 is 1. The number of nitrogens with zero attached hydrogens (tertiary/aromatic N) is 2. The average molecular weight is 284 g/mol. The largest absolute Gasteiger partial charge is 0.497 e. The molecule has 2 aromatic heterocycles. The predicted molar refractivity (Wildman–Crippen MR) is 79.8 cm³/mol. The van der Waals surface area contributed by atoms with Crippen LogP contribution in [0, 0.1) is 13.8 Å². The molecule has 0 spiro atoms. The molecule has 108 valence electrons. The van der Waals surface area contributed by atoms with Crippen LogP contribution >= 0.6 is 0 Å². The van der Waals surface area contributed by atoms with Crippen LogP contribution in [0.2, 0.25) is 0 Å². The standard InChI is InChI=1S/C16H16N2O3/c1-10-8-14(19)21-16-15(10)11(2)17-18(16)9-12-4-6-13(20-3)7-5-12/h4-8H,9H2,1-3H3. The van der Waals surface area contributed by atoms with Gasteiger partial charge < -0.3 is 9.15 Å². The van der Waals surface area contributed by atoms with E-state index in [-0.39, 0.29) is 5.63 Å². The maximum Gasteiger partial charge on any atom is 0.337 e. The van der Waals surface area contributed by atoms with E-state index in [1.165, 1.54) is 6.07 Å². The molecule has 3 aromatic rings. The summed E-state index contributed by atoms with van der Waals surface area (Å²) in [4.78, 5) is 11.6. The van der Waals surface area contributed by atoms with Crippen LogP contribution in [0.5, 0.6) is 5.75 Å². The highest BCUT2D eigenvalue weighted by atomic mass is 16.5. The Kier molecular flexibility index (Phi) is 3.25. The fourth-order valence-electron chi connectivity index (χ4n) is 2.50. The Labute approximate surface area is 121 Å². The number of aromatic nitrogens is 2. The molecule has 0 saturated heterocycles. The lowest BCUT2D eigenvalue weighted by atomic mass is 10.2. The van der Waals surface area contributed by atoms with E-state index < -0.39 is 0 Å². The number of hydrogen-bond acceptors (Lipinski definition) is 4. The second-order valence-electron chi connectivity index (χ2n) is 5.02. The van der Waals surface area contributed by atoms with Gasteiger partial charge in [0.15, 0.2) is 0 Å². The highest BCUT2D eigenvalue weighted by molar-refractivity contribution is 5.80. The zero-order chi connectivity index (χ0) is 15.0. The van der Waals surface area contributed by atoms with Crippen molar-refractivity contribution >= 4 is 11.1 Å². The monoisotopic (exact) mass is 284 g/mol. The molecule has 0 aliphatic heterocycles. The molecule has 5 nitrogen and oxygen atoms in total.